The summed E-state index contributed by atoms with van der Waals surface area (Å²) in [7, 11) is 0. The number of nitrogens with two attached hydrogens (primary N) is 1. The molecule has 0 bridgehead atoms. The van der Waals surface area contributed by atoms with E-state index in [1.807, 2.05) is 6.92 Å². The third-order valence-electron chi connectivity index (χ3n) is 2.85. The number of halogens is 2. The average molecular weight is 278 g/mol. The Labute approximate surface area is 116 Å². The second-order valence-electron chi connectivity index (χ2n) is 4.24. The van der Waals surface area contributed by atoms with E-state index in [0.29, 0.717) is 29.3 Å². The van der Waals surface area contributed by atoms with E-state index in [-0.39, 0.29) is 6.54 Å². The van der Waals surface area contributed by atoms with E-state index in [9.17, 15) is 8.78 Å². The zero-order valence-electron chi connectivity index (χ0n) is 11.1. The molecule has 0 atom stereocenters. The molecule has 0 fully saturated rings. The molecule has 0 saturated heterocycles. The number of benzene rings is 2. The fraction of sp³-hybridized carbons (Fsp3) is 0.200. The number of ether oxygens (including phenoxy) is 1. The van der Waals surface area contributed by atoms with Crippen molar-refractivity contribution in [1.82, 2.24) is 0 Å². The van der Waals surface area contributed by atoms with Gasteiger partial charge in [-0.1, -0.05) is 12.1 Å². The molecule has 0 aromatic heterocycles. The smallest absolute Gasteiger partial charge is 0.144 e. The Bertz CT molecular complexity index is 602. The molecular formula is C15H16F2N2O. The van der Waals surface area contributed by atoms with Crippen molar-refractivity contribution in [3.63, 3.8) is 0 Å². The van der Waals surface area contributed by atoms with Crippen molar-refractivity contribution in [3.05, 3.63) is 53.6 Å². The highest BCUT2D eigenvalue weighted by Gasteiger charge is 2.07. The van der Waals surface area contributed by atoms with Crippen LogP contribution in [0.1, 0.15) is 12.5 Å². The minimum absolute atomic E-state index is 0.214. The molecule has 3 nitrogen and oxygen atoms in total. The first-order valence-electron chi connectivity index (χ1n) is 6.31. The fourth-order valence-electron chi connectivity index (χ4n) is 1.84. The number of rotatable bonds is 5. The minimum atomic E-state index is -0.593. The maximum Gasteiger partial charge on any atom is 0.144 e. The Hall–Kier alpha value is -2.30. The van der Waals surface area contributed by atoms with E-state index < -0.39 is 11.6 Å². The van der Waals surface area contributed by atoms with Crippen LogP contribution < -0.4 is 15.8 Å². The van der Waals surface area contributed by atoms with Gasteiger partial charge in [-0.25, -0.2) is 8.78 Å². The lowest BCUT2D eigenvalue weighted by Crippen LogP contribution is -2.06. The summed E-state index contributed by atoms with van der Waals surface area (Å²) in [5, 5.41) is 3.02. The molecule has 0 aliphatic heterocycles. The van der Waals surface area contributed by atoms with Crippen molar-refractivity contribution >= 4 is 11.4 Å². The summed E-state index contributed by atoms with van der Waals surface area (Å²) in [5.41, 5.74) is 7.44. The van der Waals surface area contributed by atoms with Gasteiger partial charge < -0.3 is 15.8 Å². The molecule has 2 rings (SSSR count). The van der Waals surface area contributed by atoms with Gasteiger partial charge in [0.05, 0.1) is 18.0 Å². The molecule has 0 heterocycles. The molecule has 2 aromatic rings. The largest absolute Gasteiger partial charge is 0.492 e. The molecule has 0 radical (unpaired) electrons. The van der Waals surface area contributed by atoms with Crippen molar-refractivity contribution in [3.8, 4) is 5.75 Å². The predicted octanol–water partition coefficient (Wildman–Crippen LogP) is 3.56. The standard InChI is InChI=1S/C15H16F2N2O/c1-2-20-14-5-3-4-13(15(14)18)19-9-10-6-7-11(16)8-12(10)17/h3-8,19H,2,9,18H2,1H3. The highest BCUT2D eigenvalue weighted by atomic mass is 19.1. The molecule has 5 heteroatoms. The van der Waals surface area contributed by atoms with Gasteiger partial charge in [0, 0.05) is 18.2 Å². The van der Waals surface area contributed by atoms with Gasteiger partial charge in [0.15, 0.2) is 0 Å². The van der Waals surface area contributed by atoms with Gasteiger partial charge in [0.2, 0.25) is 0 Å². The Morgan fingerprint density at radius 1 is 1.20 bits per heavy atom. The topological polar surface area (TPSA) is 47.3 Å². The van der Waals surface area contributed by atoms with Crippen molar-refractivity contribution in [2.24, 2.45) is 0 Å². The first kappa shape index (κ1) is 14.1. The molecule has 0 aliphatic rings. The zero-order valence-corrected chi connectivity index (χ0v) is 11.1. The lowest BCUT2D eigenvalue weighted by molar-refractivity contribution is 0.342. The van der Waals surface area contributed by atoms with Gasteiger partial charge >= 0.3 is 0 Å². The zero-order chi connectivity index (χ0) is 14.5. The highest BCUT2D eigenvalue weighted by molar-refractivity contribution is 5.72. The number of anilines is 2. The first-order valence-corrected chi connectivity index (χ1v) is 6.31. The van der Waals surface area contributed by atoms with E-state index >= 15 is 0 Å². The number of nitrogen functional groups attached to an aromatic ring is 1. The molecule has 0 amide bonds. The second kappa shape index (κ2) is 6.23. The van der Waals surface area contributed by atoms with E-state index in [0.717, 1.165) is 6.07 Å². The monoisotopic (exact) mass is 278 g/mol. The Balaban J connectivity index is 2.12. The summed E-state index contributed by atoms with van der Waals surface area (Å²) in [6.07, 6.45) is 0. The van der Waals surface area contributed by atoms with Crippen LogP contribution in [-0.4, -0.2) is 6.61 Å². The molecule has 0 saturated carbocycles. The fourth-order valence-corrected chi connectivity index (χ4v) is 1.84. The maximum absolute atomic E-state index is 13.5. The summed E-state index contributed by atoms with van der Waals surface area (Å²) in [4.78, 5) is 0. The SMILES string of the molecule is CCOc1cccc(NCc2ccc(F)cc2F)c1N. The number of hydrogen-bond acceptors (Lipinski definition) is 3. The molecule has 0 aliphatic carbocycles. The molecular weight excluding hydrogens is 262 g/mol. The van der Waals surface area contributed by atoms with Crippen molar-refractivity contribution in [1.29, 1.82) is 0 Å². The van der Waals surface area contributed by atoms with E-state index in [2.05, 4.69) is 5.32 Å². The van der Waals surface area contributed by atoms with Crippen LogP contribution in [0.3, 0.4) is 0 Å². The van der Waals surface area contributed by atoms with Crippen molar-refractivity contribution < 1.29 is 13.5 Å². The summed E-state index contributed by atoms with van der Waals surface area (Å²) in [5.74, 6) is -0.599. The molecule has 3 N–H and O–H groups in total. The predicted molar refractivity (Wildman–Crippen MR) is 75.7 cm³/mol. The third kappa shape index (κ3) is 3.17. The number of para-hydroxylation sites is 1. The maximum atomic E-state index is 13.5. The Morgan fingerprint density at radius 2 is 2.00 bits per heavy atom. The van der Waals surface area contributed by atoms with Gasteiger partial charge in [-0.2, -0.15) is 0 Å². The highest BCUT2D eigenvalue weighted by Crippen LogP contribution is 2.29. The minimum Gasteiger partial charge on any atom is -0.492 e. The number of hydrogen-bond donors (Lipinski definition) is 2. The molecule has 0 unspecified atom stereocenters. The number of nitrogens with one attached hydrogen (secondary N) is 1. The normalized spacial score (nSPS) is 10.3. The van der Waals surface area contributed by atoms with Crippen LogP contribution >= 0.6 is 0 Å². The average Bonchev–Trinajstić information content (AvgIpc) is 2.42. The van der Waals surface area contributed by atoms with Crippen LogP contribution in [0.2, 0.25) is 0 Å². The van der Waals surface area contributed by atoms with Crippen LogP contribution in [0, 0.1) is 11.6 Å². The quantitative estimate of drug-likeness (QED) is 0.822. The van der Waals surface area contributed by atoms with Crippen LogP contribution in [0.15, 0.2) is 36.4 Å². The summed E-state index contributed by atoms with van der Waals surface area (Å²) in [6, 6.07) is 8.82. The van der Waals surface area contributed by atoms with Gasteiger partial charge in [-0.3, -0.25) is 0 Å². The van der Waals surface area contributed by atoms with Gasteiger partial charge in [-0.05, 0) is 25.1 Å². The van der Waals surface area contributed by atoms with E-state index in [1.54, 1.807) is 18.2 Å². The molecule has 2 aromatic carbocycles. The van der Waals surface area contributed by atoms with E-state index in [1.165, 1.54) is 12.1 Å². The van der Waals surface area contributed by atoms with Crippen molar-refractivity contribution in [2.45, 2.75) is 13.5 Å². The lowest BCUT2D eigenvalue weighted by atomic mass is 10.2. The van der Waals surface area contributed by atoms with Crippen LogP contribution in [0.4, 0.5) is 20.2 Å². The third-order valence-corrected chi connectivity index (χ3v) is 2.85. The summed E-state index contributed by atoms with van der Waals surface area (Å²) < 4.78 is 31.7. The van der Waals surface area contributed by atoms with Crippen molar-refractivity contribution in [2.75, 3.05) is 17.7 Å². The van der Waals surface area contributed by atoms with Crippen LogP contribution in [0.5, 0.6) is 5.75 Å². The summed E-state index contributed by atoms with van der Waals surface area (Å²) >= 11 is 0. The van der Waals surface area contributed by atoms with Crippen LogP contribution in [0.25, 0.3) is 0 Å². The first-order chi connectivity index (χ1) is 9.61. The van der Waals surface area contributed by atoms with Gasteiger partial charge in [0.25, 0.3) is 0 Å². The Morgan fingerprint density at radius 3 is 2.70 bits per heavy atom. The molecule has 20 heavy (non-hydrogen) atoms. The molecule has 106 valence electrons. The second-order valence-corrected chi connectivity index (χ2v) is 4.24. The van der Waals surface area contributed by atoms with E-state index in [4.69, 9.17) is 10.5 Å². The molecule has 0 spiro atoms. The summed E-state index contributed by atoms with van der Waals surface area (Å²) in [6.45, 7) is 2.60. The Kier molecular flexibility index (Phi) is 4.40. The van der Waals surface area contributed by atoms with Crippen LogP contribution in [-0.2, 0) is 6.54 Å². The van der Waals surface area contributed by atoms with Gasteiger partial charge in [0.1, 0.15) is 17.4 Å². The lowest BCUT2D eigenvalue weighted by Gasteiger charge is -2.13. The van der Waals surface area contributed by atoms with Gasteiger partial charge in [-0.15, -0.1) is 0 Å².